The van der Waals surface area contributed by atoms with E-state index in [2.05, 4.69) is 14.9 Å². The zero-order chi connectivity index (χ0) is 15.0. The van der Waals surface area contributed by atoms with Gasteiger partial charge in [-0.15, -0.1) is 0 Å². The van der Waals surface area contributed by atoms with Gasteiger partial charge in [-0.2, -0.15) is 0 Å². The second-order valence-corrected chi connectivity index (χ2v) is 6.09. The number of hydrogen-bond acceptors (Lipinski definition) is 5. The Kier molecular flexibility index (Phi) is 3.80. The van der Waals surface area contributed by atoms with Crippen LogP contribution in [0.3, 0.4) is 0 Å². The van der Waals surface area contributed by atoms with Gasteiger partial charge in [0.2, 0.25) is 5.91 Å². The monoisotopic (exact) mass is 290 g/mol. The third-order valence-corrected chi connectivity index (χ3v) is 4.27. The summed E-state index contributed by atoms with van der Waals surface area (Å²) < 4.78 is 0. The first-order chi connectivity index (χ1) is 10.0. The third-order valence-electron chi connectivity index (χ3n) is 4.27. The number of carbonyl (C=O) groups excluding carboxylic acids is 1. The van der Waals surface area contributed by atoms with Crippen LogP contribution in [0.4, 0.5) is 5.82 Å². The molecule has 2 saturated heterocycles. The van der Waals surface area contributed by atoms with Gasteiger partial charge >= 0.3 is 0 Å². The Bertz CT molecular complexity index is 542. The number of aryl methyl sites for hydroxylation is 1. The fourth-order valence-corrected chi connectivity index (χ4v) is 2.98. The lowest BCUT2D eigenvalue weighted by Crippen LogP contribution is -2.48. The minimum atomic E-state index is -0.269. The molecule has 2 aliphatic heterocycles. The Morgan fingerprint density at radius 2 is 2.10 bits per heavy atom. The molecule has 1 unspecified atom stereocenters. The molecule has 0 aromatic carbocycles. The van der Waals surface area contributed by atoms with E-state index in [4.69, 9.17) is 0 Å². The molecular weight excluding hydrogens is 268 g/mol. The van der Waals surface area contributed by atoms with E-state index < -0.39 is 0 Å². The predicted octanol–water partition coefficient (Wildman–Crippen LogP) is 0.692. The standard InChI is InChI=1S/C15H22N4O2/c1-10-6-14(18-5-3-4-13(21)9-18)17-15(16-10)12-7-19(8-12)11(2)20/h6,12-13,21H,3-5,7-9H2,1-2H3. The second kappa shape index (κ2) is 5.60. The van der Waals surface area contributed by atoms with Gasteiger partial charge in [-0.1, -0.05) is 0 Å². The van der Waals surface area contributed by atoms with Crippen LogP contribution in [0.25, 0.3) is 0 Å². The first-order valence-corrected chi connectivity index (χ1v) is 7.57. The van der Waals surface area contributed by atoms with Crippen LogP contribution in [0.1, 0.15) is 37.2 Å². The van der Waals surface area contributed by atoms with E-state index in [0.717, 1.165) is 36.7 Å². The van der Waals surface area contributed by atoms with Gasteiger partial charge in [0.25, 0.3) is 0 Å². The van der Waals surface area contributed by atoms with Gasteiger partial charge in [0.1, 0.15) is 11.6 Å². The van der Waals surface area contributed by atoms with Crippen LogP contribution in [0.5, 0.6) is 0 Å². The van der Waals surface area contributed by atoms with E-state index in [1.807, 2.05) is 13.0 Å². The number of anilines is 1. The highest BCUT2D eigenvalue weighted by Gasteiger charge is 2.32. The SMILES string of the molecule is CC(=O)N1CC(c2nc(C)cc(N3CCCC(O)C3)n2)C1. The van der Waals surface area contributed by atoms with Crippen molar-refractivity contribution in [2.45, 2.75) is 38.7 Å². The summed E-state index contributed by atoms with van der Waals surface area (Å²) in [6, 6.07) is 1.98. The van der Waals surface area contributed by atoms with Crippen molar-refractivity contribution < 1.29 is 9.90 Å². The van der Waals surface area contributed by atoms with Gasteiger partial charge < -0.3 is 14.9 Å². The Morgan fingerprint density at radius 1 is 1.33 bits per heavy atom. The van der Waals surface area contributed by atoms with Crippen LogP contribution in [-0.4, -0.2) is 58.2 Å². The molecule has 0 radical (unpaired) electrons. The fourth-order valence-electron chi connectivity index (χ4n) is 2.98. The lowest BCUT2D eigenvalue weighted by molar-refractivity contribution is -0.133. The van der Waals surface area contributed by atoms with Gasteiger partial charge in [-0.25, -0.2) is 9.97 Å². The van der Waals surface area contributed by atoms with Crippen LogP contribution in [0.15, 0.2) is 6.07 Å². The van der Waals surface area contributed by atoms with E-state index in [9.17, 15) is 9.90 Å². The lowest BCUT2D eigenvalue weighted by atomic mass is 9.99. The Morgan fingerprint density at radius 3 is 2.76 bits per heavy atom. The number of piperidine rings is 1. The average Bonchev–Trinajstić information content (AvgIpc) is 2.35. The zero-order valence-electron chi connectivity index (χ0n) is 12.6. The second-order valence-electron chi connectivity index (χ2n) is 6.09. The number of β-amino-alcohol motifs (C(OH)–C–C–N with tert-alkyl or cyclic N) is 1. The van der Waals surface area contributed by atoms with Gasteiger partial charge in [-0.3, -0.25) is 4.79 Å². The number of carbonyl (C=O) groups is 1. The quantitative estimate of drug-likeness (QED) is 0.868. The summed E-state index contributed by atoms with van der Waals surface area (Å²) in [6.45, 7) is 6.54. The molecule has 3 heterocycles. The largest absolute Gasteiger partial charge is 0.391 e. The highest BCUT2D eigenvalue weighted by Crippen LogP contribution is 2.27. The molecule has 6 heteroatoms. The molecule has 1 atom stereocenters. The van der Waals surface area contributed by atoms with Crippen LogP contribution >= 0.6 is 0 Å². The van der Waals surface area contributed by atoms with Crippen molar-refractivity contribution in [3.8, 4) is 0 Å². The maximum absolute atomic E-state index is 11.3. The molecule has 0 aliphatic carbocycles. The normalized spacial score (nSPS) is 23.1. The number of rotatable bonds is 2. The minimum absolute atomic E-state index is 0.110. The van der Waals surface area contributed by atoms with Gasteiger partial charge in [0.15, 0.2) is 0 Å². The van der Waals surface area contributed by atoms with Crippen molar-refractivity contribution in [1.29, 1.82) is 0 Å². The summed E-state index contributed by atoms with van der Waals surface area (Å²) in [7, 11) is 0. The topological polar surface area (TPSA) is 69.6 Å². The van der Waals surface area contributed by atoms with Crippen LogP contribution in [-0.2, 0) is 4.79 Å². The number of aromatic nitrogens is 2. The maximum atomic E-state index is 11.3. The molecule has 21 heavy (non-hydrogen) atoms. The average molecular weight is 290 g/mol. The molecule has 1 amide bonds. The Labute approximate surface area is 124 Å². The van der Waals surface area contributed by atoms with Crippen LogP contribution < -0.4 is 4.90 Å². The number of aliphatic hydroxyl groups excluding tert-OH is 1. The van der Waals surface area contributed by atoms with Gasteiger partial charge in [0, 0.05) is 44.9 Å². The van der Waals surface area contributed by atoms with Crippen molar-refractivity contribution in [3.05, 3.63) is 17.6 Å². The minimum Gasteiger partial charge on any atom is -0.391 e. The molecule has 0 bridgehead atoms. The predicted molar refractivity (Wildman–Crippen MR) is 79.2 cm³/mol. The summed E-state index contributed by atoms with van der Waals surface area (Å²) in [4.78, 5) is 24.4. The van der Waals surface area contributed by atoms with E-state index >= 15 is 0 Å². The first kappa shape index (κ1) is 14.3. The molecule has 0 spiro atoms. The molecule has 3 rings (SSSR count). The molecule has 0 saturated carbocycles. The maximum Gasteiger partial charge on any atom is 0.219 e. The van der Waals surface area contributed by atoms with Gasteiger partial charge in [0.05, 0.1) is 12.0 Å². The summed E-state index contributed by atoms with van der Waals surface area (Å²) in [5.41, 5.74) is 0.941. The van der Waals surface area contributed by atoms with Crippen molar-refractivity contribution in [3.63, 3.8) is 0 Å². The number of amides is 1. The third kappa shape index (κ3) is 3.00. The van der Waals surface area contributed by atoms with E-state index in [-0.39, 0.29) is 17.9 Å². The molecule has 1 N–H and O–H groups in total. The van der Waals surface area contributed by atoms with Crippen molar-refractivity contribution in [2.75, 3.05) is 31.1 Å². The zero-order valence-corrected chi connectivity index (χ0v) is 12.6. The highest BCUT2D eigenvalue weighted by molar-refractivity contribution is 5.74. The molecule has 1 aromatic rings. The fraction of sp³-hybridized carbons (Fsp3) is 0.667. The number of aliphatic hydroxyl groups is 1. The number of nitrogens with zero attached hydrogens (tertiary/aromatic N) is 4. The lowest BCUT2D eigenvalue weighted by Gasteiger charge is -2.38. The van der Waals surface area contributed by atoms with Gasteiger partial charge in [-0.05, 0) is 19.8 Å². The van der Waals surface area contributed by atoms with Crippen molar-refractivity contribution in [2.24, 2.45) is 0 Å². The van der Waals surface area contributed by atoms with E-state index in [1.165, 1.54) is 0 Å². The summed E-state index contributed by atoms with van der Waals surface area (Å²) in [6.07, 6.45) is 1.58. The van der Waals surface area contributed by atoms with E-state index in [1.54, 1.807) is 11.8 Å². The van der Waals surface area contributed by atoms with Crippen molar-refractivity contribution >= 4 is 11.7 Å². The summed E-state index contributed by atoms with van der Waals surface area (Å²) in [5, 5.41) is 9.81. The van der Waals surface area contributed by atoms with E-state index in [0.29, 0.717) is 19.6 Å². The van der Waals surface area contributed by atoms with Crippen LogP contribution in [0.2, 0.25) is 0 Å². The summed E-state index contributed by atoms with van der Waals surface area (Å²) >= 11 is 0. The molecule has 1 aromatic heterocycles. The number of hydrogen-bond donors (Lipinski definition) is 1. The highest BCUT2D eigenvalue weighted by atomic mass is 16.3. The smallest absolute Gasteiger partial charge is 0.219 e. The van der Waals surface area contributed by atoms with Crippen LogP contribution in [0, 0.1) is 6.92 Å². The molecular formula is C15H22N4O2. The Balaban J connectivity index is 1.76. The first-order valence-electron chi connectivity index (χ1n) is 7.57. The summed E-state index contributed by atoms with van der Waals surface area (Å²) in [5.74, 6) is 2.07. The molecule has 2 fully saturated rings. The molecule has 114 valence electrons. The molecule has 6 nitrogen and oxygen atoms in total. The Hall–Kier alpha value is -1.69. The molecule has 2 aliphatic rings. The number of likely N-dealkylation sites (tertiary alicyclic amines) is 1. The van der Waals surface area contributed by atoms with Crippen molar-refractivity contribution in [1.82, 2.24) is 14.9 Å².